The SMILES string of the molecule is O=C(CSC1=Nc2ccccc2C2=N[C@H](Cc3ccccc3)C(=O)N12)c1ccc(Cl)cc1. The van der Waals surface area contributed by atoms with E-state index in [0.29, 0.717) is 28.0 Å². The van der Waals surface area contributed by atoms with Crippen molar-refractivity contribution in [3.05, 3.63) is 101 Å². The summed E-state index contributed by atoms with van der Waals surface area (Å²) in [6.07, 6.45) is 0.517. The molecule has 0 bridgehead atoms. The van der Waals surface area contributed by atoms with Gasteiger partial charge in [0.1, 0.15) is 11.9 Å². The van der Waals surface area contributed by atoms with E-state index in [4.69, 9.17) is 21.6 Å². The number of fused-ring (bicyclic) bond motifs is 3. The molecule has 3 aromatic carbocycles. The van der Waals surface area contributed by atoms with E-state index < -0.39 is 6.04 Å². The maximum atomic E-state index is 13.3. The molecule has 32 heavy (non-hydrogen) atoms. The molecule has 0 aliphatic carbocycles. The van der Waals surface area contributed by atoms with Gasteiger partial charge < -0.3 is 0 Å². The number of carbonyl (C=O) groups is 2. The largest absolute Gasteiger partial charge is 0.293 e. The van der Waals surface area contributed by atoms with E-state index in [-0.39, 0.29) is 17.4 Å². The number of halogens is 1. The molecule has 0 fully saturated rings. The highest BCUT2D eigenvalue weighted by Gasteiger charge is 2.41. The van der Waals surface area contributed by atoms with Crippen LogP contribution in [0.4, 0.5) is 5.69 Å². The second-order valence-electron chi connectivity index (χ2n) is 7.46. The van der Waals surface area contributed by atoms with Gasteiger partial charge in [-0.05, 0) is 42.0 Å². The first-order valence-corrected chi connectivity index (χ1v) is 11.5. The maximum absolute atomic E-state index is 13.3. The summed E-state index contributed by atoms with van der Waals surface area (Å²) >= 11 is 7.17. The van der Waals surface area contributed by atoms with Crippen molar-refractivity contribution in [3.63, 3.8) is 0 Å². The smallest absolute Gasteiger partial charge is 0.259 e. The molecule has 1 amide bonds. The standard InChI is InChI=1S/C25H18ClN3O2S/c26-18-12-10-17(11-13-18)22(30)15-32-25-28-20-9-5-4-8-19(20)23-27-21(24(31)29(23)25)14-16-6-2-1-3-7-16/h1-13,21H,14-15H2/t21-/m1/s1. The van der Waals surface area contributed by atoms with Crippen LogP contribution in [-0.4, -0.2) is 39.4 Å². The Balaban J connectivity index is 1.42. The van der Waals surface area contributed by atoms with Crippen molar-refractivity contribution in [3.8, 4) is 0 Å². The third kappa shape index (κ3) is 3.99. The molecule has 0 N–H and O–H groups in total. The number of Topliss-reactive ketones (excluding diaryl/α,β-unsaturated/α-hetero) is 1. The molecular formula is C25H18ClN3O2S. The molecule has 0 radical (unpaired) electrons. The van der Waals surface area contributed by atoms with Gasteiger partial charge in [0.05, 0.1) is 11.4 Å². The van der Waals surface area contributed by atoms with Crippen molar-refractivity contribution < 1.29 is 9.59 Å². The van der Waals surface area contributed by atoms with Crippen molar-refractivity contribution in [1.29, 1.82) is 0 Å². The van der Waals surface area contributed by atoms with Gasteiger partial charge in [-0.1, -0.05) is 65.8 Å². The first-order chi connectivity index (χ1) is 15.6. The first-order valence-electron chi connectivity index (χ1n) is 10.2. The van der Waals surface area contributed by atoms with E-state index in [9.17, 15) is 9.59 Å². The normalized spacial score (nSPS) is 16.8. The molecule has 2 heterocycles. The third-order valence-corrected chi connectivity index (χ3v) is 6.51. The lowest BCUT2D eigenvalue weighted by atomic mass is 10.1. The zero-order valence-electron chi connectivity index (χ0n) is 16.9. The second-order valence-corrected chi connectivity index (χ2v) is 8.84. The number of thioether (sulfide) groups is 1. The molecule has 5 nitrogen and oxygen atoms in total. The molecule has 0 saturated carbocycles. The molecule has 3 aromatic rings. The third-order valence-electron chi connectivity index (χ3n) is 5.32. The quantitative estimate of drug-likeness (QED) is 0.495. The van der Waals surface area contributed by atoms with Crippen LogP contribution in [0.25, 0.3) is 0 Å². The summed E-state index contributed by atoms with van der Waals surface area (Å²) in [5.74, 6) is 0.578. The highest BCUT2D eigenvalue weighted by Crippen LogP contribution is 2.34. The summed E-state index contributed by atoms with van der Waals surface area (Å²) in [5.41, 5.74) is 3.19. The molecule has 158 valence electrons. The molecule has 0 aromatic heterocycles. The summed E-state index contributed by atoms with van der Waals surface area (Å²) in [5, 5.41) is 1.06. The molecule has 1 atom stereocenters. The van der Waals surface area contributed by atoms with E-state index in [2.05, 4.69) is 0 Å². The van der Waals surface area contributed by atoms with Crippen LogP contribution in [0.2, 0.25) is 5.02 Å². The van der Waals surface area contributed by atoms with E-state index in [1.165, 1.54) is 11.8 Å². The average Bonchev–Trinajstić information content (AvgIpc) is 3.15. The Labute approximate surface area is 194 Å². The number of amides is 1. The average molecular weight is 460 g/mol. The van der Waals surface area contributed by atoms with Crippen LogP contribution in [-0.2, 0) is 11.2 Å². The van der Waals surface area contributed by atoms with Gasteiger partial charge in [0, 0.05) is 22.6 Å². The van der Waals surface area contributed by atoms with Crippen LogP contribution in [0.5, 0.6) is 0 Å². The van der Waals surface area contributed by atoms with Gasteiger partial charge in [0.25, 0.3) is 5.91 Å². The molecular weight excluding hydrogens is 442 g/mol. The van der Waals surface area contributed by atoms with Crippen molar-refractivity contribution in [2.45, 2.75) is 12.5 Å². The predicted octanol–water partition coefficient (Wildman–Crippen LogP) is 5.16. The number of para-hydroxylation sites is 1. The summed E-state index contributed by atoms with van der Waals surface area (Å²) in [7, 11) is 0. The Morgan fingerprint density at radius 1 is 0.969 bits per heavy atom. The highest BCUT2D eigenvalue weighted by molar-refractivity contribution is 8.14. The Hall–Kier alpha value is -3.22. The number of nitrogens with zero attached hydrogens (tertiary/aromatic N) is 3. The monoisotopic (exact) mass is 459 g/mol. The van der Waals surface area contributed by atoms with Crippen molar-refractivity contribution in [2.75, 3.05) is 5.75 Å². The molecule has 2 aliphatic rings. The minimum absolute atomic E-state index is 0.0563. The number of hydrogen-bond acceptors (Lipinski definition) is 5. The van der Waals surface area contributed by atoms with Gasteiger partial charge in [-0.3, -0.25) is 14.6 Å². The number of benzene rings is 3. The van der Waals surface area contributed by atoms with Crippen LogP contribution in [0, 0.1) is 0 Å². The Morgan fingerprint density at radius 2 is 1.69 bits per heavy atom. The van der Waals surface area contributed by atoms with Crippen LogP contribution in [0.15, 0.2) is 88.8 Å². The minimum Gasteiger partial charge on any atom is -0.293 e. The molecule has 5 rings (SSSR count). The molecule has 2 aliphatic heterocycles. The van der Waals surface area contributed by atoms with Crippen molar-refractivity contribution >= 4 is 51.7 Å². The van der Waals surface area contributed by atoms with Crippen molar-refractivity contribution in [1.82, 2.24) is 4.90 Å². The van der Waals surface area contributed by atoms with Gasteiger partial charge in [0.2, 0.25) is 0 Å². The lowest BCUT2D eigenvalue weighted by Gasteiger charge is -2.25. The van der Waals surface area contributed by atoms with Gasteiger partial charge in [0.15, 0.2) is 11.0 Å². The summed E-state index contributed by atoms with van der Waals surface area (Å²) in [4.78, 5) is 37.0. The van der Waals surface area contributed by atoms with E-state index >= 15 is 0 Å². The summed E-state index contributed by atoms with van der Waals surface area (Å²) in [6.45, 7) is 0. The molecule has 7 heteroatoms. The molecule has 0 unspecified atom stereocenters. The Morgan fingerprint density at radius 3 is 2.47 bits per heavy atom. The second kappa shape index (κ2) is 8.73. The lowest BCUT2D eigenvalue weighted by molar-refractivity contribution is -0.124. The van der Waals surface area contributed by atoms with Gasteiger partial charge >= 0.3 is 0 Å². The number of carbonyl (C=O) groups excluding carboxylic acids is 2. The van der Waals surface area contributed by atoms with Gasteiger partial charge in [-0.15, -0.1) is 0 Å². The minimum atomic E-state index is -0.517. The first kappa shape index (κ1) is 20.7. The van der Waals surface area contributed by atoms with E-state index in [1.807, 2.05) is 54.6 Å². The fourth-order valence-electron chi connectivity index (χ4n) is 3.72. The fourth-order valence-corrected chi connectivity index (χ4v) is 4.74. The zero-order chi connectivity index (χ0) is 22.1. The Bertz CT molecular complexity index is 1260. The number of hydrogen-bond donors (Lipinski definition) is 0. The predicted molar refractivity (Wildman–Crippen MR) is 129 cm³/mol. The van der Waals surface area contributed by atoms with Crippen LogP contribution >= 0.6 is 23.4 Å². The number of rotatable bonds is 5. The van der Waals surface area contributed by atoms with E-state index in [0.717, 1.165) is 16.8 Å². The van der Waals surface area contributed by atoms with Crippen molar-refractivity contribution in [2.24, 2.45) is 9.98 Å². The van der Waals surface area contributed by atoms with Gasteiger partial charge in [-0.25, -0.2) is 9.89 Å². The highest BCUT2D eigenvalue weighted by atomic mass is 35.5. The van der Waals surface area contributed by atoms with Crippen LogP contribution in [0.1, 0.15) is 21.5 Å². The van der Waals surface area contributed by atoms with E-state index in [1.54, 1.807) is 29.2 Å². The summed E-state index contributed by atoms with van der Waals surface area (Å²) < 4.78 is 0. The molecule has 0 saturated heterocycles. The van der Waals surface area contributed by atoms with Gasteiger partial charge in [-0.2, -0.15) is 0 Å². The van der Waals surface area contributed by atoms with Crippen LogP contribution < -0.4 is 0 Å². The zero-order valence-corrected chi connectivity index (χ0v) is 18.5. The maximum Gasteiger partial charge on any atom is 0.259 e. The number of aliphatic imine (C=N–C) groups is 2. The summed E-state index contributed by atoms with van der Waals surface area (Å²) in [6, 6.07) is 23.7. The number of ketones is 1. The number of amidine groups is 2. The molecule has 0 spiro atoms. The fraction of sp³-hybridized carbons (Fsp3) is 0.120. The topological polar surface area (TPSA) is 62.1 Å². The lowest BCUT2D eigenvalue weighted by Crippen LogP contribution is -2.41. The van der Waals surface area contributed by atoms with Crippen LogP contribution in [0.3, 0.4) is 0 Å². The Kier molecular flexibility index (Phi) is 5.64.